The summed E-state index contributed by atoms with van der Waals surface area (Å²) in [6.07, 6.45) is 5.94. The smallest absolute Gasteiger partial charge is 0.224 e. The Morgan fingerprint density at radius 3 is 2.82 bits per heavy atom. The maximum Gasteiger partial charge on any atom is 0.224 e. The van der Waals surface area contributed by atoms with Gasteiger partial charge in [0.2, 0.25) is 5.91 Å². The number of imidazole rings is 1. The van der Waals surface area contributed by atoms with Crippen LogP contribution >= 0.6 is 0 Å². The molecule has 0 N–H and O–H groups in total. The molecule has 7 heteroatoms. The molecule has 4 rings (SSSR count). The summed E-state index contributed by atoms with van der Waals surface area (Å²) in [6.45, 7) is 5.93. The standard InChI is InChI=1S/C21H26N6O/c1-3-19-22-10-12-25(19)11-9-21(28)26-14-18(13-17-7-5-4-6-8-17)27-16(2)23-24-20(27)15-26/h4-8,10,12,18H,3,9,11,13-15H2,1-2H3/t18-/m1/s1. The Balaban J connectivity index is 1.48. The molecule has 28 heavy (non-hydrogen) atoms. The molecule has 0 bridgehead atoms. The number of aryl methyl sites for hydroxylation is 3. The number of hydrogen-bond acceptors (Lipinski definition) is 4. The second-order valence-corrected chi connectivity index (χ2v) is 7.29. The van der Waals surface area contributed by atoms with Gasteiger partial charge in [0.25, 0.3) is 0 Å². The zero-order chi connectivity index (χ0) is 19.5. The van der Waals surface area contributed by atoms with Gasteiger partial charge in [0.15, 0.2) is 5.82 Å². The minimum atomic E-state index is 0.153. The molecule has 1 aliphatic rings. The Morgan fingerprint density at radius 1 is 1.21 bits per heavy atom. The lowest BCUT2D eigenvalue weighted by molar-refractivity contribution is -0.133. The van der Waals surface area contributed by atoms with Crippen LogP contribution in [-0.2, 0) is 30.7 Å². The first kappa shape index (κ1) is 18.4. The molecule has 3 heterocycles. The number of carbonyl (C=O) groups excluding carboxylic acids is 1. The van der Waals surface area contributed by atoms with Crippen LogP contribution < -0.4 is 0 Å². The third kappa shape index (κ3) is 3.69. The molecule has 3 aromatic rings. The first-order valence-corrected chi connectivity index (χ1v) is 9.87. The fraction of sp³-hybridized carbons (Fsp3) is 0.429. The molecule has 0 fully saturated rings. The normalized spacial score (nSPS) is 16.2. The van der Waals surface area contributed by atoms with E-state index in [9.17, 15) is 4.79 Å². The van der Waals surface area contributed by atoms with Crippen molar-refractivity contribution in [1.82, 2.24) is 29.2 Å². The summed E-state index contributed by atoms with van der Waals surface area (Å²) in [4.78, 5) is 19.2. The van der Waals surface area contributed by atoms with Gasteiger partial charge in [-0.05, 0) is 18.9 Å². The lowest BCUT2D eigenvalue weighted by Crippen LogP contribution is -2.42. The van der Waals surface area contributed by atoms with Crippen LogP contribution in [0.15, 0.2) is 42.7 Å². The second-order valence-electron chi connectivity index (χ2n) is 7.29. The summed E-state index contributed by atoms with van der Waals surface area (Å²) in [5, 5.41) is 8.58. The van der Waals surface area contributed by atoms with E-state index in [0.29, 0.717) is 26.1 Å². The summed E-state index contributed by atoms with van der Waals surface area (Å²) in [5.74, 6) is 2.95. The van der Waals surface area contributed by atoms with E-state index in [4.69, 9.17) is 0 Å². The maximum atomic E-state index is 12.9. The van der Waals surface area contributed by atoms with Crippen LogP contribution in [-0.4, -0.2) is 41.7 Å². The summed E-state index contributed by atoms with van der Waals surface area (Å²) in [7, 11) is 0. The van der Waals surface area contributed by atoms with Crippen molar-refractivity contribution in [3.8, 4) is 0 Å². The molecule has 0 saturated heterocycles. The van der Waals surface area contributed by atoms with Gasteiger partial charge in [-0.25, -0.2) is 4.98 Å². The molecule has 1 amide bonds. The van der Waals surface area contributed by atoms with E-state index in [0.717, 1.165) is 30.3 Å². The van der Waals surface area contributed by atoms with Crippen molar-refractivity contribution in [3.63, 3.8) is 0 Å². The number of nitrogens with zero attached hydrogens (tertiary/aromatic N) is 6. The average molecular weight is 378 g/mol. The zero-order valence-corrected chi connectivity index (χ0v) is 16.5. The highest BCUT2D eigenvalue weighted by molar-refractivity contribution is 5.76. The Morgan fingerprint density at radius 2 is 2.04 bits per heavy atom. The van der Waals surface area contributed by atoms with Crippen molar-refractivity contribution in [3.05, 3.63) is 65.8 Å². The van der Waals surface area contributed by atoms with E-state index in [1.807, 2.05) is 24.1 Å². The van der Waals surface area contributed by atoms with Crippen LogP contribution in [0.1, 0.15) is 42.4 Å². The third-order valence-electron chi connectivity index (χ3n) is 5.42. The van der Waals surface area contributed by atoms with E-state index in [-0.39, 0.29) is 11.9 Å². The minimum Gasteiger partial charge on any atom is -0.334 e. The van der Waals surface area contributed by atoms with Crippen molar-refractivity contribution in [2.75, 3.05) is 6.54 Å². The quantitative estimate of drug-likeness (QED) is 0.661. The Kier molecular flexibility index (Phi) is 5.23. The molecule has 146 valence electrons. The number of aromatic nitrogens is 5. The van der Waals surface area contributed by atoms with Gasteiger partial charge in [0.1, 0.15) is 11.6 Å². The first-order chi connectivity index (χ1) is 13.7. The van der Waals surface area contributed by atoms with E-state index in [1.54, 1.807) is 6.20 Å². The monoisotopic (exact) mass is 378 g/mol. The lowest BCUT2D eigenvalue weighted by Gasteiger charge is -2.34. The highest BCUT2D eigenvalue weighted by Gasteiger charge is 2.30. The van der Waals surface area contributed by atoms with Crippen LogP contribution in [0.3, 0.4) is 0 Å². The van der Waals surface area contributed by atoms with Gasteiger partial charge >= 0.3 is 0 Å². The second kappa shape index (κ2) is 7.96. The summed E-state index contributed by atoms with van der Waals surface area (Å²) >= 11 is 0. The van der Waals surface area contributed by atoms with Gasteiger partial charge in [-0.1, -0.05) is 37.3 Å². The molecule has 0 spiro atoms. The van der Waals surface area contributed by atoms with Crippen LogP contribution in [0.4, 0.5) is 0 Å². The average Bonchev–Trinajstić information content (AvgIpc) is 3.33. The third-order valence-corrected chi connectivity index (χ3v) is 5.42. The van der Waals surface area contributed by atoms with E-state index >= 15 is 0 Å². The molecule has 0 saturated carbocycles. The Labute approximate surface area is 165 Å². The van der Waals surface area contributed by atoms with Crippen LogP contribution in [0.2, 0.25) is 0 Å². The highest BCUT2D eigenvalue weighted by atomic mass is 16.2. The Hall–Kier alpha value is -2.96. The number of hydrogen-bond donors (Lipinski definition) is 0. The van der Waals surface area contributed by atoms with Crippen molar-refractivity contribution in [1.29, 1.82) is 0 Å². The molecule has 2 aromatic heterocycles. The van der Waals surface area contributed by atoms with Gasteiger partial charge in [-0.2, -0.15) is 0 Å². The zero-order valence-electron chi connectivity index (χ0n) is 16.5. The van der Waals surface area contributed by atoms with E-state index in [2.05, 4.69) is 55.5 Å². The molecule has 7 nitrogen and oxygen atoms in total. The van der Waals surface area contributed by atoms with Gasteiger partial charge < -0.3 is 14.0 Å². The minimum absolute atomic E-state index is 0.153. The molecule has 1 aliphatic heterocycles. The van der Waals surface area contributed by atoms with Crippen LogP contribution in [0.5, 0.6) is 0 Å². The fourth-order valence-corrected chi connectivity index (χ4v) is 4.03. The highest BCUT2D eigenvalue weighted by Crippen LogP contribution is 2.25. The van der Waals surface area contributed by atoms with Crippen molar-refractivity contribution in [2.24, 2.45) is 0 Å². The molecule has 0 unspecified atom stereocenters. The first-order valence-electron chi connectivity index (χ1n) is 9.87. The summed E-state index contributed by atoms with van der Waals surface area (Å²) in [6, 6.07) is 10.5. The maximum absolute atomic E-state index is 12.9. The molecular formula is C21H26N6O. The number of fused-ring (bicyclic) bond motifs is 1. The molecule has 1 aromatic carbocycles. The van der Waals surface area contributed by atoms with E-state index in [1.165, 1.54) is 5.56 Å². The number of carbonyl (C=O) groups is 1. The van der Waals surface area contributed by atoms with Crippen molar-refractivity contribution >= 4 is 5.91 Å². The van der Waals surface area contributed by atoms with Crippen LogP contribution in [0, 0.1) is 6.92 Å². The van der Waals surface area contributed by atoms with Gasteiger partial charge in [-0.15, -0.1) is 10.2 Å². The lowest BCUT2D eigenvalue weighted by atomic mass is 10.0. The number of amides is 1. The Bertz CT molecular complexity index is 945. The number of benzene rings is 1. The number of rotatable bonds is 6. The largest absolute Gasteiger partial charge is 0.334 e. The predicted octanol–water partition coefficient (Wildman–Crippen LogP) is 2.56. The van der Waals surface area contributed by atoms with Crippen molar-refractivity contribution in [2.45, 2.75) is 52.2 Å². The molecule has 1 atom stereocenters. The fourth-order valence-electron chi connectivity index (χ4n) is 4.03. The van der Waals surface area contributed by atoms with Crippen LogP contribution in [0.25, 0.3) is 0 Å². The predicted molar refractivity (Wildman–Crippen MR) is 106 cm³/mol. The van der Waals surface area contributed by atoms with E-state index < -0.39 is 0 Å². The van der Waals surface area contributed by atoms with Gasteiger partial charge in [0.05, 0.1) is 12.6 Å². The van der Waals surface area contributed by atoms with Gasteiger partial charge in [-0.3, -0.25) is 4.79 Å². The molecular weight excluding hydrogens is 352 g/mol. The summed E-state index contributed by atoms with van der Waals surface area (Å²) < 4.78 is 4.26. The SMILES string of the molecule is CCc1nccn1CCC(=O)N1Cc2nnc(C)n2[C@H](Cc2ccccc2)C1. The van der Waals surface area contributed by atoms with Crippen molar-refractivity contribution < 1.29 is 4.79 Å². The molecule has 0 aliphatic carbocycles. The topological polar surface area (TPSA) is 68.8 Å². The summed E-state index contributed by atoms with van der Waals surface area (Å²) in [5.41, 5.74) is 1.26. The molecule has 0 radical (unpaired) electrons. The van der Waals surface area contributed by atoms with Gasteiger partial charge in [0, 0.05) is 38.3 Å².